The summed E-state index contributed by atoms with van der Waals surface area (Å²) in [5.41, 5.74) is 2.28. The number of carbonyl (C=O) groups excluding carboxylic acids is 1. The van der Waals surface area contributed by atoms with E-state index in [1.165, 1.54) is 16.3 Å². The van der Waals surface area contributed by atoms with Crippen molar-refractivity contribution in [2.24, 2.45) is 0 Å². The number of thiol groups is 1. The van der Waals surface area contributed by atoms with Crippen LogP contribution in [0, 0.1) is 0 Å². The van der Waals surface area contributed by atoms with Gasteiger partial charge >= 0.3 is 0 Å². The smallest absolute Gasteiger partial charge is 0.163 e. The number of benzene rings is 2. The fourth-order valence-corrected chi connectivity index (χ4v) is 3.02. The maximum atomic E-state index is 11.5. The lowest BCUT2D eigenvalue weighted by Crippen LogP contribution is -2.15. The highest BCUT2D eigenvalue weighted by Gasteiger charge is 2.24. The molecule has 4 rings (SSSR count). The average Bonchev–Trinajstić information content (AvgIpc) is 2.45. The van der Waals surface area contributed by atoms with E-state index in [1.807, 2.05) is 24.3 Å². The number of allylic oxidation sites excluding steroid dienone is 3. The molecule has 1 aliphatic carbocycles. The number of ketones is 1. The van der Waals surface area contributed by atoms with Crippen LogP contribution in [-0.4, -0.2) is 5.78 Å². The molecule has 1 heterocycles. The third-order valence-corrected chi connectivity index (χ3v) is 4.10. The molecular formula is C17H12O2S. The summed E-state index contributed by atoms with van der Waals surface area (Å²) < 4.78 is 5.90. The summed E-state index contributed by atoms with van der Waals surface area (Å²) in [6.45, 7) is 0. The zero-order chi connectivity index (χ0) is 13.7. The van der Waals surface area contributed by atoms with Gasteiger partial charge in [-0.15, -0.1) is 12.6 Å². The van der Waals surface area contributed by atoms with E-state index in [1.54, 1.807) is 6.08 Å². The third-order valence-electron chi connectivity index (χ3n) is 3.82. The zero-order valence-electron chi connectivity index (χ0n) is 10.7. The summed E-state index contributed by atoms with van der Waals surface area (Å²) in [5, 5.41) is 2.36. The Labute approximate surface area is 122 Å². The van der Waals surface area contributed by atoms with Crippen molar-refractivity contribution >= 4 is 29.2 Å². The van der Waals surface area contributed by atoms with E-state index in [0.717, 1.165) is 22.6 Å². The zero-order valence-corrected chi connectivity index (χ0v) is 11.6. The van der Waals surface area contributed by atoms with Crippen molar-refractivity contribution in [1.82, 2.24) is 0 Å². The quantitative estimate of drug-likeness (QED) is 0.742. The first-order chi connectivity index (χ1) is 9.70. The Morgan fingerprint density at radius 1 is 1.15 bits per heavy atom. The van der Waals surface area contributed by atoms with Crippen molar-refractivity contribution in [2.75, 3.05) is 0 Å². The fraction of sp³-hybridized carbons (Fsp3) is 0.118. The summed E-state index contributed by atoms with van der Waals surface area (Å²) in [5.74, 6) is 1.65. The number of hydrogen-bond donors (Lipinski definition) is 1. The predicted octanol–water partition coefficient (Wildman–Crippen LogP) is 3.85. The molecule has 0 saturated heterocycles. The molecule has 0 aromatic heterocycles. The number of hydrogen-bond acceptors (Lipinski definition) is 3. The minimum atomic E-state index is 0.102. The molecule has 0 atom stereocenters. The van der Waals surface area contributed by atoms with Crippen molar-refractivity contribution in [3.05, 3.63) is 59.4 Å². The SMILES string of the molecule is O=C1C=C2Oc3ccc4ccc(S)cc4c3CC2=CC1. The molecule has 0 unspecified atom stereocenters. The van der Waals surface area contributed by atoms with Gasteiger partial charge in [-0.1, -0.05) is 18.2 Å². The molecule has 0 spiro atoms. The molecule has 2 nitrogen and oxygen atoms in total. The van der Waals surface area contributed by atoms with Crippen LogP contribution in [0.15, 0.2) is 58.7 Å². The van der Waals surface area contributed by atoms with E-state index in [2.05, 4.69) is 24.8 Å². The van der Waals surface area contributed by atoms with Gasteiger partial charge < -0.3 is 4.74 Å². The van der Waals surface area contributed by atoms with Crippen LogP contribution in [0.5, 0.6) is 5.75 Å². The summed E-state index contributed by atoms with van der Waals surface area (Å²) in [4.78, 5) is 12.4. The van der Waals surface area contributed by atoms with Crippen LogP contribution in [0.25, 0.3) is 10.8 Å². The van der Waals surface area contributed by atoms with Crippen molar-refractivity contribution in [3.8, 4) is 5.75 Å². The van der Waals surface area contributed by atoms with E-state index >= 15 is 0 Å². The first kappa shape index (κ1) is 11.8. The molecule has 0 bridgehead atoms. The highest BCUT2D eigenvalue weighted by molar-refractivity contribution is 7.80. The molecular weight excluding hydrogens is 268 g/mol. The van der Waals surface area contributed by atoms with Crippen LogP contribution >= 0.6 is 12.6 Å². The Morgan fingerprint density at radius 2 is 2.00 bits per heavy atom. The van der Waals surface area contributed by atoms with Crippen LogP contribution in [0.3, 0.4) is 0 Å². The van der Waals surface area contributed by atoms with E-state index in [9.17, 15) is 4.79 Å². The number of fused-ring (bicyclic) bond motifs is 4. The van der Waals surface area contributed by atoms with Gasteiger partial charge in [-0.25, -0.2) is 0 Å². The van der Waals surface area contributed by atoms with Crippen molar-refractivity contribution < 1.29 is 9.53 Å². The van der Waals surface area contributed by atoms with Gasteiger partial charge in [-0.3, -0.25) is 4.79 Å². The van der Waals surface area contributed by atoms with Gasteiger partial charge in [0.25, 0.3) is 0 Å². The minimum absolute atomic E-state index is 0.102. The van der Waals surface area contributed by atoms with Gasteiger partial charge in [-0.2, -0.15) is 0 Å². The molecule has 98 valence electrons. The maximum absolute atomic E-state index is 11.5. The van der Waals surface area contributed by atoms with Crippen LogP contribution in [0.4, 0.5) is 0 Å². The fourth-order valence-electron chi connectivity index (χ4n) is 2.81. The first-order valence-electron chi connectivity index (χ1n) is 6.57. The highest BCUT2D eigenvalue weighted by atomic mass is 32.1. The Kier molecular flexibility index (Phi) is 2.51. The molecule has 0 saturated carbocycles. The van der Waals surface area contributed by atoms with Gasteiger partial charge in [-0.05, 0) is 34.5 Å². The summed E-state index contributed by atoms with van der Waals surface area (Å²) >= 11 is 4.42. The number of ether oxygens (including phenoxy) is 1. The van der Waals surface area contributed by atoms with Gasteiger partial charge in [0.15, 0.2) is 5.78 Å². The van der Waals surface area contributed by atoms with Crippen LogP contribution < -0.4 is 4.74 Å². The molecule has 2 aliphatic rings. The predicted molar refractivity (Wildman–Crippen MR) is 81.3 cm³/mol. The molecule has 2 aromatic carbocycles. The second-order valence-corrected chi connectivity index (χ2v) is 5.65. The number of rotatable bonds is 0. The Balaban J connectivity index is 1.94. The molecule has 0 amide bonds. The summed E-state index contributed by atoms with van der Waals surface area (Å²) in [7, 11) is 0. The molecule has 20 heavy (non-hydrogen) atoms. The second kappa shape index (κ2) is 4.25. The van der Waals surface area contributed by atoms with Crippen LogP contribution in [-0.2, 0) is 11.2 Å². The van der Waals surface area contributed by atoms with Crippen LogP contribution in [0.2, 0.25) is 0 Å². The molecule has 3 heteroatoms. The Bertz CT molecular complexity index is 815. The molecule has 1 aliphatic heterocycles. The van der Waals surface area contributed by atoms with E-state index < -0.39 is 0 Å². The van der Waals surface area contributed by atoms with Crippen molar-refractivity contribution in [2.45, 2.75) is 17.7 Å². The first-order valence-corrected chi connectivity index (χ1v) is 7.02. The van der Waals surface area contributed by atoms with Gasteiger partial charge in [0.05, 0.1) is 0 Å². The van der Waals surface area contributed by atoms with Gasteiger partial charge in [0.2, 0.25) is 0 Å². The largest absolute Gasteiger partial charge is 0.457 e. The molecule has 2 aromatic rings. The normalized spacial score (nSPS) is 16.9. The molecule has 0 radical (unpaired) electrons. The third kappa shape index (κ3) is 1.78. The van der Waals surface area contributed by atoms with Crippen LogP contribution in [0.1, 0.15) is 12.0 Å². The summed E-state index contributed by atoms with van der Waals surface area (Å²) in [6, 6.07) is 10.2. The maximum Gasteiger partial charge on any atom is 0.163 e. The van der Waals surface area contributed by atoms with Crippen molar-refractivity contribution in [3.63, 3.8) is 0 Å². The van der Waals surface area contributed by atoms with E-state index in [-0.39, 0.29) is 5.78 Å². The van der Waals surface area contributed by atoms with E-state index in [4.69, 9.17) is 4.74 Å². The van der Waals surface area contributed by atoms with Gasteiger partial charge in [0.1, 0.15) is 11.5 Å². The lowest BCUT2D eigenvalue weighted by Gasteiger charge is -2.25. The molecule has 0 N–H and O–H groups in total. The summed E-state index contributed by atoms with van der Waals surface area (Å²) in [6.07, 6.45) is 4.87. The van der Waals surface area contributed by atoms with Gasteiger partial charge in [0, 0.05) is 29.4 Å². The second-order valence-electron chi connectivity index (χ2n) is 5.13. The topological polar surface area (TPSA) is 26.3 Å². The average molecular weight is 280 g/mol. The lowest BCUT2D eigenvalue weighted by atomic mass is 9.91. The minimum Gasteiger partial charge on any atom is -0.457 e. The Morgan fingerprint density at radius 3 is 2.90 bits per heavy atom. The highest BCUT2D eigenvalue weighted by Crippen LogP contribution is 2.39. The lowest BCUT2D eigenvalue weighted by molar-refractivity contribution is -0.114. The van der Waals surface area contributed by atoms with Crippen molar-refractivity contribution in [1.29, 1.82) is 0 Å². The number of carbonyl (C=O) groups is 1. The monoisotopic (exact) mass is 280 g/mol. The molecule has 0 fully saturated rings. The Hall–Kier alpha value is -2.00. The standard InChI is InChI=1S/C17H12O2S/c18-12-4-1-11-7-15-14-9-13(20)5-2-10(14)3-6-16(15)19-17(11)8-12/h1-3,5-6,8-9,20H,4,7H2. The van der Waals surface area contributed by atoms with E-state index in [0.29, 0.717) is 12.2 Å².